The fraction of sp³-hybridized carbons (Fsp3) is 0.545. The zero-order valence-corrected chi connectivity index (χ0v) is 9.53. The summed E-state index contributed by atoms with van der Waals surface area (Å²) in [7, 11) is 2.04. The summed E-state index contributed by atoms with van der Waals surface area (Å²) in [5.74, 6) is -0.176. The molecule has 2 rings (SSSR count). The van der Waals surface area contributed by atoms with E-state index in [2.05, 4.69) is 14.9 Å². The van der Waals surface area contributed by atoms with E-state index in [-0.39, 0.29) is 6.42 Å². The van der Waals surface area contributed by atoms with E-state index in [1.807, 2.05) is 7.05 Å². The second-order valence-corrected chi connectivity index (χ2v) is 4.20. The minimum Gasteiger partial charge on any atom is -0.481 e. The molecular weight excluding hydrogens is 206 g/mol. The Morgan fingerprint density at radius 1 is 1.50 bits per heavy atom. The van der Waals surface area contributed by atoms with Gasteiger partial charge in [-0.1, -0.05) is 0 Å². The molecule has 86 valence electrons. The molecule has 1 aliphatic rings. The number of likely N-dealkylation sites (N-methyl/N-ethyl adjacent to an activating group) is 1. The van der Waals surface area contributed by atoms with Gasteiger partial charge in [-0.3, -0.25) is 4.79 Å². The van der Waals surface area contributed by atoms with Crippen LogP contribution in [0, 0.1) is 6.92 Å². The topological polar surface area (TPSA) is 66.3 Å². The van der Waals surface area contributed by atoms with Crippen molar-refractivity contribution in [3.63, 3.8) is 0 Å². The van der Waals surface area contributed by atoms with Gasteiger partial charge in [0.2, 0.25) is 0 Å². The molecule has 0 saturated carbocycles. The Bertz CT molecular complexity index is 431. The molecule has 1 aromatic heterocycles. The molecule has 0 amide bonds. The molecule has 0 saturated heterocycles. The van der Waals surface area contributed by atoms with E-state index >= 15 is 0 Å². The van der Waals surface area contributed by atoms with Crippen LogP contribution in [0.15, 0.2) is 0 Å². The molecule has 0 aromatic carbocycles. The van der Waals surface area contributed by atoms with Crippen LogP contribution in [0.2, 0.25) is 0 Å². The van der Waals surface area contributed by atoms with E-state index < -0.39 is 5.97 Å². The molecule has 0 atom stereocenters. The molecule has 0 bridgehead atoms. The van der Waals surface area contributed by atoms with Gasteiger partial charge in [0.15, 0.2) is 0 Å². The third-order valence-corrected chi connectivity index (χ3v) is 2.77. The zero-order valence-electron chi connectivity index (χ0n) is 9.53. The van der Waals surface area contributed by atoms with Gasteiger partial charge in [0, 0.05) is 13.1 Å². The summed E-state index contributed by atoms with van der Waals surface area (Å²) in [6, 6.07) is 0. The molecule has 0 aliphatic carbocycles. The molecule has 0 unspecified atom stereocenters. The maximum absolute atomic E-state index is 10.8. The average Bonchev–Trinajstić information content (AvgIpc) is 2.15. The molecule has 0 fully saturated rings. The first-order chi connectivity index (χ1) is 7.56. The third kappa shape index (κ3) is 2.19. The van der Waals surface area contributed by atoms with Gasteiger partial charge >= 0.3 is 5.97 Å². The van der Waals surface area contributed by atoms with E-state index in [4.69, 9.17) is 5.11 Å². The number of aliphatic carboxylic acids is 1. The van der Waals surface area contributed by atoms with Crippen molar-refractivity contribution in [1.29, 1.82) is 0 Å². The van der Waals surface area contributed by atoms with Crippen LogP contribution in [0.3, 0.4) is 0 Å². The SMILES string of the molecule is Cc1nc(CC(=O)O)c2c(n1)CN(C)CC2. The molecule has 1 N–H and O–H groups in total. The lowest BCUT2D eigenvalue weighted by Crippen LogP contribution is -2.29. The van der Waals surface area contributed by atoms with Crippen LogP contribution in [0.1, 0.15) is 22.8 Å². The monoisotopic (exact) mass is 221 g/mol. The van der Waals surface area contributed by atoms with Crippen LogP contribution in [0.5, 0.6) is 0 Å². The molecule has 5 heteroatoms. The average molecular weight is 221 g/mol. The van der Waals surface area contributed by atoms with Crippen LogP contribution >= 0.6 is 0 Å². The van der Waals surface area contributed by atoms with E-state index in [1.165, 1.54) is 0 Å². The number of carboxylic acids is 1. The quantitative estimate of drug-likeness (QED) is 0.783. The second-order valence-electron chi connectivity index (χ2n) is 4.20. The molecule has 16 heavy (non-hydrogen) atoms. The fourth-order valence-corrected chi connectivity index (χ4v) is 2.06. The summed E-state index contributed by atoms with van der Waals surface area (Å²) in [4.78, 5) is 21.6. The molecule has 2 heterocycles. The maximum atomic E-state index is 10.8. The Kier molecular flexibility index (Phi) is 2.87. The molecular formula is C11H15N3O2. The van der Waals surface area contributed by atoms with Crippen molar-refractivity contribution >= 4 is 5.97 Å². The van der Waals surface area contributed by atoms with Crippen molar-refractivity contribution in [3.8, 4) is 0 Å². The highest BCUT2D eigenvalue weighted by atomic mass is 16.4. The van der Waals surface area contributed by atoms with Gasteiger partial charge < -0.3 is 10.0 Å². The predicted molar refractivity (Wildman–Crippen MR) is 58.1 cm³/mol. The number of nitrogens with zero attached hydrogens (tertiary/aromatic N) is 3. The van der Waals surface area contributed by atoms with Crippen molar-refractivity contribution in [2.24, 2.45) is 0 Å². The van der Waals surface area contributed by atoms with Crippen LogP contribution < -0.4 is 0 Å². The maximum Gasteiger partial charge on any atom is 0.309 e. The van der Waals surface area contributed by atoms with Crippen molar-refractivity contribution < 1.29 is 9.90 Å². The van der Waals surface area contributed by atoms with Crippen molar-refractivity contribution in [2.45, 2.75) is 26.3 Å². The minimum absolute atomic E-state index is 0.00456. The molecule has 5 nitrogen and oxygen atoms in total. The van der Waals surface area contributed by atoms with Gasteiger partial charge in [-0.05, 0) is 26.0 Å². The van der Waals surface area contributed by atoms with Crippen molar-refractivity contribution in [2.75, 3.05) is 13.6 Å². The first kappa shape index (κ1) is 11.0. The highest BCUT2D eigenvalue weighted by molar-refractivity contribution is 5.70. The number of hydrogen-bond donors (Lipinski definition) is 1. The number of aryl methyl sites for hydroxylation is 1. The largest absolute Gasteiger partial charge is 0.481 e. The summed E-state index contributed by atoms with van der Waals surface area (Å²) in [6.07, 6.45) is 0.837. The lowest BCUT2D eigenvalue weighted by atomic mass is 10.0. The Morgan fingerprint density at radius 3 is 2.94 bits per heavy atom. The van der Waals surface area contributed by atoms with Gasteiger partial charge in [-0.25, -0.2) is 9.97 Å². The molecule has 0 radical (unpaired) electrons. The van der Waals surface area contributed by atoms with Gasteiger partial charge in [-0.15, -0.1) is 0 Å². The van der Waals surface area contributed by atoms with Crippen molar-refractivity contribution in [3.05, 3.63) is 22.8 Å². The Balaban J connectivity index is 2.41. The zero-order chi connectivity index (χ0) is 11.7. The number of aromatic nitrogens is 2. The first-order valence-electron chi connectivity index (χ1n) is 5.32. The molecule has 0 spiro atoms. The van der Waals surface area contributed by atoms with Crippen LogP contribution in [-0.2, 0) is 24.2 Å². The minimum atomic E-state index is -0.834. The number of rotatable bonds is 2. The standard InChI is InChI=1S/C11H15N3O2/c1-7-12-9(5-11(15)16)8-3-4-14(2)6-10(8)13-7/h3-6H2,1-2H3,(H,15,16). The van der Waals surface area contributed by atoms with E-state index in [9.17, 15) is 4.79 Å². The Labute approximate surface area is 94.1 Å². The summed E-state index contributed by atoms with van der Waals surface area (Å²) in [6.45, 7) is 3.53. The predicted octanol–water partition coefficient (Wildman–Crippen LogP) is 0.400. The Hall–Kier alpha value is -1.49. The highest BCUT2D eigenvalue weighted by Gasteiger charge is 2.20. The smallest absolute Gasteiger partial charge is 0.309 e. The van der Waals surface area contributed by atoms with E-state index in [0.29, 0.717) is 11.5 Å². The lowest BCUT2D eigenvalue weighted by molar-refractivity contribution is -0.136. The fourth-order valence-electron chi connectivity index (χ4n) is 2.06. The van der Waals surface area contributed by atoms with E-state index in [0.717, 1.165) is 30.8 Å². The number of carbonyl (C=O) groups is 1. The summed E-state index contributed by atoms with van der Waals surface area (Å²) >= 11 is 0. The summed E-state index contributed by atoms with van der Waals surface area (Å²) < 4.78 is 0. The first-order valence-corrected chi connectivity index (χ1v) is 5.32. The van der Waals surface area contributed by atoms with Gasteiger partial charge in [0.1, 0.15) is 5.82 Å². The summed E-state index contributed by atoms with van der Waals surface area (Å²) in [5, 5.41) is 8.84. The van der Waals surface area contributed by atoms with Gasteiger partial charge in [-0.2, -0.15) is 0 Å². The molecule has 1 aliphatic heterocycles. The van der Waals surface area contributed by atoms with Crippen molar-refractivity contribution in [1.82, 2.24) is 14.9 Å². The Morgan fingerprint density at radius 2 is 2.25 bits per heavy atom. The normalized spacial score (nSPS) is 15.9. The van der Waals surface area contributed by atoms with Crippen LogP contribution in [0.4, 0.5) is 0 Å². The van der Waals surface area contributed by atoms with Gasteiger partial charge in [0.25, 0.3) is 0 Å². The lowest BCUT2D eigenvalue weighted by Gasteiger charge is -2.25. The highest BCUT2D eigenvalue weighted by Crippen LogP contribution is 2.19. The summed E-state index contributed by atoms with van der Waals surface area (Å²) in [5.41, 5.74) is 2.70. The number of fused-ring (bicyclic) bond motifs is 1. The van der Waals surface area contributed by atoms with Crippen LogP contribution in [-0.4, -0.2) is 39.5 Å². The molecule has 1 aromatic rings. The number of carboxylic acid groups (broad SMARTS) is 1. The van der Waals surface area contributed by atoms with E-state index in [1.54, 1.807) is 6.92 Å². The third-order valence-electron chi connectivity index (χ3n) is 2.77. The second kappa shape index (κ2) is 4.17. The number of hydrogen-bond acceptors (Lipinski definition) is 4. The van der Waals surface area contributed by atoms with Crippen LogP contribution in [0.25, 0.3) is 0 Å². The van der Waals surface area contributed by atoms with Gasteiger partial charge in [0.05, 0.1) is 17.8 Å².